The van der Waals surface area contributed by atoms with Gasteiger partial charge in [0, 0.05) is 47.9 Å². The number of rotatable bonds is 5. The summed E-state index contributed by atoms with van der Waals surface area (Å²) in [6, 6.07) is 14.0. The number of hydrogen-bond donors (Lipinski definition) is 3. The number of nitrogens with zero attached hydrogens (tertiary/aromatic N) is 3. The molecule has 1 aliphatic heterocycles. The molecule has 1 unspecified atom stereocenters. The molecule has 1 aliphatic rings. The molecular formula is C23H22N6O2. The van der Waals surface area contributed by atoms with E-state index in [4.69, 9.17) is 0 Å². The third-order valence-corrected chi connectivity index (χ3v) is 5.62. The molecule has 0 saturated carbocycles. The van der Waals surface area contributed by atoms with Gasteiger partial charge in [-0.15, -0.1) is 0 Å². The van der Waals surface area contributed by atoms with E-state index in [0.717, 1.165) is 22.3 Å². The normalized spacial score (nSPS) is 15.3. The van der Waals surface area contributed by atoms with E-state index in [1.54, 1.807) is 12.4 Å². The van der Waals surface area contributed by atoms with E-state index in [1.165, 1.54) is 16.5 Å². The van der Waals surface area contributed by atoms with Gasteiger partial charge in [0.2, 0.25) is 5.91 Å². The number of fused-ring (bicyclic) bond motifs is 2. The zero-order valence-electron chi connectivity index (χ0n) is 16.8. The van der Waals surface area contributed by atoms with Crippen molar-refractivity contribution in [2.75, 3.05) is 11.9 Å². The topological polar surface area (TPSA) is 105 Å². The molecule has 0 bridgehead atoms. The number of hydrogen-bond acceptors (Lipinski definition) is 5. The van der Waals surface area contributed by atoms with Crippen LogP contribution < -0.4 is 16.2 Å². The minimum absolute atomic E-state index is 0.0787. The molecular weight excluding hydrogens is 392 g/mol. The van der Waals surface area contributed by atoms with Crippen LogP contribution in [0.4, 0.5) is 5.69 Å². The van der Waals surface area contributed by atoms with Gasteiger partial charge in [0.05, 0.1) is 18.6 Å². The standard InChI is InChI=1S/C23H22N6O2/c30-21(25-12-18-8-17-10-24-7-6-19(17)28-18)13-29-14-27-20-9-16(11-26-22(20)23(29)31)15-4-2-1-3-5-15/h1-8,10,14,16,26,28H,9,11-13H2,(H,25,30). The molecule has 0 fully saturated rings. The fourth-order valence-corrected chi connectivity index (χ4v) is 3.99. The van der Waals surface area contributed by atoms with Gasteiger partial charge in [-0.25, -0.2) is 4.98 Å². The van der Waals surface area contributed by atoms with Gasteiger partial charge in [0.1, 0.15) is 12.2 Å². The Balaban J connectivity index is 1.25. The Bertz CT molecular complexity index is 1260. The first kappa shape index (κ1) is 19.0. The fourth-order valence-electron chi connectivity index (χ4n) is 3.99. The van der Waals surface area contributed by atoms with Gasteiger partial charge in [-0.1, -0.05) is 30.3 Å². The summed E-state index contributed by atoms with van der Waals surface area (Å²) in [7, 11) is 0. The molecule has 1 amide bonds. The lowest BCUT2D eigenvalue weighted by atomic mass is 9.91. The average Bonchev–Trinajstić information content (AvgIpc) is 3.23. The van der Waals surface area contributed by atoms with Crippen LogP contribution in [0.5, 0.6) is 0 Å². The summed E-state index contributed by atoms with van der Waals surface area (Å²) in [6.45, 7) is 0.932. The molecule has 3 aromatic heterocycles. The van der Waals surface area contributed by atoms with E-state index in [9.17, 15) is 9.59 Å². The smallest absolute Gasteiger partial charge is 0.277 e. The first-order valence-electron chi connectivity index (χ1n) is 10.2. The van der Waals surface area contributed by atoms with Crippen molar-refractivity contribution in [3.8, 4) is 0 Å². The Morgan fingerprint density at radius 3 is 2.94 bits per heavy atom. The lowest BCUT2D eigenvalue weighted by Gasteiger charge is -2.25. The number of nitrogens with one attached hydrogen (secondary N) is 3. The van der Waals surface area contributed by atoms with Crippen molar-refractivity contribution in [1.82, 2.24) is 24.8 Å². The van der Waals surface area contributed by atoms with Crippen LogP contribution >= 0.6 is 0 Å². The first-order valence-corrected chi connectivity index (χ1v) is 10.2. The Hall–Kier alpha value is -3.94. The monoisotopic (exact) mass is 414 g/mol. The van der Waals surface area contributed by atoms with Crippen molar-refractivity contribution >= 4 is 22.5 Å². The predicted octanol–water partition coefficient (Wildman–Crippen LogP) is 2.19. The maximum atomic E-state index is 12.9. The minimum atomic E-state index is -0.251. The molecule has 0 spiro atoms. The third-order valence-electron chi connectivity index (χ3n) is 5.62. The maximum absolute atomic E-state index is 12.9. The zero-order chi connectivity index (χ0) is 21.2. The quantitative estimate of drug-likeness (QED) is 0.464. The molecule has 0 radical (unpaired) electrons. The molecule has 1 aromatic carbocycles. The molecule has 4 aromatic rings. The number of carbonyl (C=O) groups excluding carboxylic acids is 1. The summed E-state index contributed by atoms with van der Waals surface area (Å²) in [4.78, 5) is 37.1. The van der Waals surface area contributed by atoms with Crippen molar-refractivity contribution in [1.29, 1.82) is 0 Å². The summed E-state index contributed by atoms with van der Waals surface area (Å²) in [5.74, 6) is 0.0184. The van der Waals surface area contributed by atoms with Crippen LogP contribution in [0.1, 0.15) is 22.9 Å². The number of amides is 1. The number of H-pyrrole nitrogens is 1. The number of pyridine rings is 1. The number of aromatic nitrogens is 4. The van der Waals surface area contributed by atoms with Gasteiger partial charge < -0.3 is 15.6 Å². The van der Waals surface area contributed by atoms with Gasteiger partial charge in [-0.3, -0.25) is 19.1 Å². The van der Waals surface area contributed by atoms with Crippen molar-refractivity contribution in [2.45, 2.75) is 25.4 Å². The van der Waals surface area contributed by atoms with Crippen molar-refractivity contribution in [3.63, 3.8) is 0 Å². The van der Waals surface area contributed by atoms with Gasteiger partial charge in [-0.05, 0) is 17.7 Å². The SMILES string of the molecule is O=C(Cn1cnc2c(c1=O)NCC(c1ccccc1)C2)NCc1cc2cnccc2[nH]1. The maximum Gasteiger partial charge on any atom is 0.277 e. The number of carbonyl (C=O) groups is 1. The van der Waals surface area contributed by atoms with E-state index in [0.29, 0.717) is 25.2 Å². The van der Waals surface area contributed by atoms with Crippen LogP contribution in [0.15, 0.2) is 66.0 Å². The van der Waals surface area contributed by atoms with Crippen molar-refractivity contribution in [2.24, 2.45) is 0 Å². The molecule has 4 heterocycles. The third kappa shape index (κ3) is 3.92. The molecule has 8 heteroatoms. The van der Waals surface area contributed by atoms with E-state index < -0.39 is 0 Å². The van der Waals surface area contributed by atoms with E-state index in [-0.39, 0.29) is 23.9 Å². The highest BCUT2D eigenvalue weighted by atomic mass is 16.2. The molecule has 31 heavy (non-hydrogen) atoms. The van der Waals surface area contributed by atoms with Crippen LogP contribution in [-0.4, -0.2) is 32.0 Å². The fraction of sp³-hybridized carbons (Fsp3) is 0.217. The molecule has 0 saturated heterocycles. The van der Waals surface area contributed by atoms with Crippen LogP contribution in [-0.2, 0) is 24.3 Å². The lowest BCUT2D eigenvalue weighted by Crippen LogP contribution is -2.36. The zero-order valence-corrected chi connectivity index (χ0v) is 16.8. The Labute approximate surface area is 178 Å². The van der Waals surface area contributed by atoms with Gasteiger partial charge >= 0.3 is 0 Å². The average molecular weight is 414 g/mol. The van der Waals surface area contributed by atoms with Gasteiger partial charge in [0.15, 0.2) is 0 Å². The number of anilines is 1. The molecule has 1 atom stereocenters. The van der Waals surface area contributed by atoms with Crippen molar-refractivity contribution < 1.29 is 4.79 Å². The first-order chi connectivity index (χ1) is 15.2. The Kier molecular flexibility index (Phi) is 4.95. The second-order valence-corrected chi connectivity index (χ2v) is 7.73. The summed E-state index contributed by atoms with van der Waals surface area (Å²) in [6.07, 6.45) is 5.64. The van der Waals surface area contributed by atoms with Crippen LogP contribution in [0.2, 0.25) is 0 Å². The van der Waals surface area contributed by atoms with Gasteiger partial charge in [-0.2, -0.15) is 0 Å². The summed E-state index contributed by atoms with van der Waals surface area (Å²) >= 11 is 0. The highest BCUT2D eigenvalue weighted by molar-refractivity contribution is 5.79. The Morgan fingerprint density at radius 1 is 1.23 bits per heavy atom. The van der Waals surface area contributed by atoms with E-state index in [1.807, 2.05) is 30.3 Å². The van der Waals surface area contributed by atoms with Crippen molar-refractivity contribution in [3.05, 3.63) is 88.5 Å². The second kappa shape index (κ2) is 8.06. The summed E-state index contributed by atoms with van der Waals surface area (Å²) < 4.78 is 1.35. The lowest BCUT2D eigenvalue weighted by molar-refractivity contribution is -0.121. The van der Waals surface area contributed by atoms with Gasteiger partial charge in [0.25, 0.3) is 5.56 Å². The highest BCUT2D eigenvalue weighted by Crippen LogP contribution is 2.26. The second-order valence-electron chi connectivity index (χ2n) is 7.73. The minimum Gasteiger partial charge on any atom is -0.378 e. The number of benzene rings is 1. The Morgan fingerprint density at radius 2 is 2.10 bits per heavy atom. The molecule has 0 aliphatic carbocycles. The van der Waals surface area contributed by atoms with Crippen LogP contribution in [0.25, 0.3) is 10.9 Å². The molecule has 8 nitrogen and oxygen atoms in total. The van der Waals surface area contributed by atoms with Crippen LogP contribution in [0.3, 0.4) is 0 Å². The summed E-state index contributed by atoms with van der Waals surface area (Å²) in [5, 5.41) is 7.06. The largest absolute Gasteiger partial charge is 0.378 e. The van der Waals surface area contributed by atoms with Crippen LogP contribution in [0, 0.1) is 0 Å². The number of aromatic amines is 1. The molecule has 3 N–H and O–H groups in total. The predicted molar refractivity (Wildman–Crippen MR) is 118 cm³/mol. The summed E-state index contributed by atoms with van der Waals surface area (Å²) in [5.41, 5.74) is 4.08. The molecule has 5 rings (SSSR count). The highest BCUT2D eigenvalue weighted by Gasteiger charge is 2.24. The van der Waals surface area contributed by atoms with E-state index in [2.05, 4.69) is 37.7 Å². The molecule has 156 valence electrons. The van der Waals surface area contributed by atoms with E-state index >= 15 is 0 Å².